The first-order valence-corrected chi connectivity index (χ1v) is 11.0. The standard InChI is InChI=1S/C23H26N6O3/c1-2-31-19-8-6-18(7-9-19)25-23(30)29-13-11-28(12-14-29)20-10-5-17(15-24-20)21-26-22(32-27-21)16-3-4-16/h5-10,15-16H,2-4,11-14H2,1H3,(H,25,30). The fraction of sp³-hybridized carbons (Fsp3) is 0.391. The number of piperazine rings is 1. The van der Waals surface area contributed by atoms with Crippen LogP contribution >= 0.6 is 0 Å². The number of nitrogens with one attached hydrogen (secondary N) is 1. The van der Waals surface area contributed by atoms with Gasteiger partial charge in [0, 0.05) is 49.5 Å². The number of carbonyl (C=O) groups excluding carboxylic acids is 1. The Kier molecular flexibility index (Phi) is 5.62. The highest BCUT2D eigenvalue weighted by Crippen LogP contribution is 2.39. The van der Waals surface area contributed by atoms with Gasteiger partial charge in [-0.2, -0.15) is 4.98 Å². The number of anilines is 2. The summed E-state index contributed by atoms with van der Waals surface area (Å²) in [6.07, 6.45) is 4.04. The van der Waals surface area contributed by atoms with Gasteiger partial charge in [-0.3, -0.25) is 0 Å². The first-order chi connectivity index (χ1) is 15.7. The second-order valence-corrected chi connectivity index (χ2v) is 8.00. The summed E-state index contributed by atoms with van der Waals surface area (Å²) in [6, 6.07) is 11.2. The van der Waals surface area contributed by atoms with E-state index in [1.165, 1.54) is 0 Å². The fourth-order valence-electron chi connectivity index (χ4n) is 3.70. The molecule has 0 radical (unpaired) electrons. The molecule has 2 amide bonds. The third-order valence-electron chi connectivity index (χ3n) is 5.68. The molecular formula is C23H26N6O3. The largest absolute Gasteiger partial charge is 0.494 e. The smallest absolute Gasteiger partial charge is 0.321 e. The molecule has 2 fully saturated rings. The zero-order valence-electron chi connectivity index (χ0n) is 18.0. The summed E-state index contributed by atoms with van der Waals surface area (Å²) in [4.78, 5) is 25.7. The van der Waals surface area contributed by atoms with Crippen molar-refractivity contribution < 1.29 is 14.1 Å². The van der Waals surface area contributed by atoms with Gasteiger partial charge in [-0.25, -0.2) is 9.78 Å². The molecule has 1 aliphatic heterocycles. The van der Waals surface area contributed by atoms with Crippen molar-refractivity contribution in [3.63, 3.8) is 0 Å². The molecule has 3 aromatic rings. The maximum atomic E-state index is 12.6. The van der Waals surface area contributed by atoms with E-state index in [0.29, 0.717) is 31.4 Å². The number of nitrogens with zero attached hydrogens (tertiary/aromatic N) is 5. The Labute approximate surface area is 186 Å². The van der Waals surface area contributed by atoms with Gasteiger partial charge >= 0.3 is 6.03 Å². The summed E-state index contributed by atoms with van der Waals surface area (Å²) in [6.45, 7) is 5.25. The number of aromatic nitrogens is 3. The number of hydrogen-bond donors (Lipinski definition) is 1. The average Bonchev–Trinajstić information content (AvgIpc) is 3.57. The predicted molar refractivity (Wildman–Crippen MR) is 120 cm³/mol. The Hall–Kier alpha value is -3.62. The van der Waals surface area contributed by atoms with Crippen molar-refractivity contribution in [2.24, 2.45) is 0 Å². The Balaban J connectivity index is 1.14. The minimum absolute atomic E-state index is 0.0966. The molecule has 9 heteroatoms. The topological polar surface area (TPSA) is 96.6 Å². The summed E-state index contributed by atoms with van der Waals surface area (Å²) in [7, 11) is 0. The second-order valence-electron chi connectivity index (χ2n) is 8.00. The van der Waals surface area contributed by atoms with Crippen LogP contribution < -0.4 is 15.0 Å². The molecule has 5 rings (SSSR count). The molecule has 1 N–H and O–H groups in total. The molecule has 0 unspecified atom stereocenters. The zero-order chi connectivity index (χ0) is 21.9. The van der Waals surface area contributed by atoms with E-state index in [1.807, 2.05) is 48.2 Å². The van der Waals surface area contributed by atoms with Gasteiger partial charge in [0.15, 0.2) is 0 Å². The number of carbonyl (C=O) groups is 1. The lowest BCUT2D eigenvalue weighted by molar-refractivity contribution is 0.208. The summed E-state index contributed by atoms with van der Waals surface area (Å²) < 4.78 is 10.8. The molecule has 2 aromatic heterocycles. The van der Waals surface area contributed by atoms with E-state index in [1.54, 1.807) is 6.20 Å². The molecule has 166 valence electrons. The zero-order valence-corrected chi connectivity index (χ0v) is 18.0. The van der Waals surface area contributed by atoms with Gasteiger partial charge in [-0.15, -0.1) is 0 Å². The minimum Gasteiger partial charge on any atom is -0.494 e. The lowest BCUT2D eigenvalue weighted by atomic mass is 10.2. The van der Waals surface area contributed by atoms with Crippen LogP contribution in [0.1, 0.15) is 31.6 Å². The number of amides is 2. The minimum atomic E-state index is -0.0966. The van der Waals surface area contributed by atoms with Crippen LogP contribution in [0.25, 0.3) is 11.4 Å². The summed E-state index contributed by atoms with van der Waals surface area (Å²) in [5, 5.41) is 7.02. The van der Waals surface area contributed by atoms with Gasteiger partial charge in [0.05, 0.1) is 6.61 Å². The summed E-state index contributed by atoms with van der Waals surface area (Å²) >= 11 is 0. The number of pyridine rings is 1. The average molecular weight is 435 g/mol. The highest BCUT2D eigenvalue weighted by Gasteiger charge is 2.30. The van der Waals surface area contributed by atoms with E-state index in [9.17, 15) is 4.79 Å². The van der Waals surface area contributed by atoms with Crippen LogP contribution in [0.15, 0.2) is 47.1 Å². The van der Waals surface area contributed by atoms with Crippen molar-refractivity contribution in [3.05, 3.63) is 48.5 Å². The van der Waals surface area contributed by atoms with Gasteiger partial charge < -0.3 is 24.4 Å². The molecule has 32 heavy (non-hydrogen) atoms. The number of urea groups is 1. The Morgan fingerprint density at radius 1 is 1.12 bits per heavy atom. The van der Waals surface area contributed by atoms with Crippen molar-refractivity contribution >= 4 is 17.5 Å². The molecular weight excluding hydrogens is 408 g/mol. The molecule has 3 heterocycles. The van der Waals surface area contributed by atoms with Crippen LogP contribution in [-0.4, -0.2) is 58.8 Å². The van der Waals surface area contributed by atoms with Crippen molar-refractivity contribution in [1.82, 2.24) is 20.0 Å². The first-order valence-electron chi connectivity index (χ1n) is 11.0. The van der Waals surface area contributed by atoms with E-state index in [-0.39, 0.29) is 6.03 Å². The van der Waals surface area contributed by atoms with Crippen molar-refractivity contribution in [1.29, 1.82) is 0 Å². The SMILES string of the molecule is CCOc1ccc(NC(=O)N2CCN(c3ccc(-c4noc(C5CC5)n4)cn3)CC2)cc1. The van der Waals surface area contributed by atoms with Crippen LogP contribution in [0.4, 0.5) is 16.3 Å². The Morgan fingerprint density at radius 3 is 2.56 bits per heavy atom. The van der Waals surface area contributed by atoms with E-state index >= 15 is 0 Å². The Morgan fingerprint density at radius 2 is 1.91 bits per heavy atom. The first kappa shape index (κ1) is 20.3. The van der Waals surface area contributed by atoms with Gasteiger partial charge in [0.2, 0.25) is 11.7 Å². The highest BCUT2D eigenvalue weighted by atomic mass is 16.5. The van der Waals surface area contributed by atoms with Gasteiger partial charge in [-0.1, -0.05) is 5.16 Å². The maximum Gasteiger partial charge on any atom is 0.321 e. The number of benzene rings is 1. The Bertz CT molecular complexity index is 1050. The monoisotopic (exact) mass is 434 g/mol. The lowest BCUT2D eigenvalue weighted by Crippen LogP contribution is -2.50. The predicted octanol–water partition coefficient (Wildman–Crippen LogP) is 3.76. The summed E-state index contributed by atoms with van der Waals surface area (Å²) in [5.74, 6) is 3.42. The van der Waals surface area contributed by atoms with Gasteiger partial charge in [-0.05, 0) is 56.2 Å². The van der Waals surface area contributed by atoms with Crippen LogP contribution in [0.5, 0.6) is 5.75 Å². The van der Waals surface area contributed by atoms with Crippen molar-refractivity contribution in [2.45, 2.75) is 25.7 Å². The van der Waals surface area contributed by atoms with Crippen LogP contribution in [-0.2, 0) is 0 Å². The molecule has 9 nitrogen and oxygen atoms in total. The number of rotatable bonds is 6. The van der Waals surface area contributed by atoms with Crippen molar-refractivity contribution in [2.75, 3.05) is 43.0 Å². The fourth-order valence-corrected chi connectivity index (χ4v) is 3.70. The van der Waals surface area contributed by atoms with E-state index in [4.69, 9.17) is 9.26 Å². The van der Waals surface area contributed by atoms with E-state index in [0.717, 1.165) is 54.6 Å². The van der Waals surface area contributed by atoms with Gasteiger partial charge in [0.1, 0.15) is 11.6 Å². The normalized spacial score (nSPS) is 16.2. The molecule has 0 atom stereocenters. The van der Waals surface area contributed by atoms with Crippen LogP contribution in [0, 0.1) is 0 Å². The molecule has 1 saturated heterocycles. The molecule has 0 bridgehead atoms. The third-order valence-corrected chi connectivity index (χ3v) is 5.68. The molecule has 0 spiro atoms. The van der Waals surface area contributed by atoms with E-state index < -0.39 is 0 Å². The van der Waals surface area contributed by atoms with E-state index in [2.05, 4.69) is 25.3 Å². The second kappa shape index (κ2) is 8.86. The molecule has 2 aliphatic rings. The molecule has 1 aromatic carbocycles. The molecule has 1 aliphatic carbocycles. The lowest BCUT2D eigenvalue weighted by Gasteiger charge is -2.35. The maximum absolute atomic E-state index is 12.6. The third kappa shape index (κ3) is 4.51. The van der Waals surface area contributed by atoms with Gasteiger partial charge in [0.25, 0.3) is 0 Å². The highest BCUT2D eigenvalue weighted by molar-refractivity contribution is 5.89. The molecule has 1 saturated carbocycles. The quantitative estimate of drug-likeness (QED) is 0.631. The number of ether oxygens (including phenoxy) is 1. The van der Waals surface area contributed by atoms with Crippen LogP contribution in [0.3, 0.4) is 0 Å². The summed E-state index contributed by atoms with van der Waals surface area (Å²) in [5.41, 5.74) is 1.60. The van der Waals surface area contributed by atoms with Crippen LogP contribution in [0.2, 0.25) is 0 Å². The number of hydrogen-bond acceptors (Lipinski definition) is 7. The van der Waals surface area contributed by atoms with Crippen molar-refractivity contribution in [3.8, 4) is 17.1 Å².